The van der Waals surface area contributed by atoms with Crippen molar-refractivity contribution in [3.8, 4) is 0 Å². The Labute approximate surface area is 129 Å². The fourth-order valence-electron chi connectivity index (χ4n) is 1.76. The van der Waals surface area contributed by atoms with E-state index >= 15 is 0 Å². The van der Waals surface area contributed by atoms with Gasteiger partial charge in [-0.15, -0.1) is 11.3 Å². The minimum Gasteiger partial charge on any atom is -0.365 e. The van der Waals surface area contributed by atoms with Crippen LogP contribution in [0.1, 0.15) is 15.3 Å². The summed E-state index contributed by atoms with van der Waals surface area (Å²) < 4.78 is 25.0. The molecule has 0 bridgehead atoms. The summed E-state index contributed by atoms with van der Waals surface area (Å²) in [7, 11) is -0.412. The highest BCUT2D eigenvalue weighted by molar-refractivity contribution is 7.89. The molecule has 5 nitrogen and oxygen atoms in total. The van der Waals surface area contributed by atoms with Crippen LogP contribution in [0.3, 0.4) is 0 Å². The Balaban J connectivity index is 2.06. The number of hydrogen-bond acceptors (Lipinski definition) is 5. The van der Waals surface area contributed by atoms with E-state index in [2.05, 4.69) is 30.2 Å². The topological polar surface area (TPSA) is 62.3 Å². The highest BCUT2D eigenvalue weighted by Gasteiger charge is 2.17. The normalized spacial score (nSPS) is 11.9. The summed E-state index contributed by atoms with van der Waals surface area (Å²) in [5.41, 5.74) is 1.29. The predicted molar refractivity (Wildman–Crippen MR) is 86.2 cm³/mol. The molecule has 2 aromatic rings. The maximum atomic E-state index is 11.9. The van der Waals surface area contributed by atoms with Crippen LogP contribution in [-0.4, -0.2) is 31.8 Å². The van der Waals surface area contributed by atoms with Gasteiger partial charge in [-0.25, -0.2) is 17.7 Å². The van der Waals surface area contributed by atoms with Gasteiger partial charge < -0.3 is 5.32 Å². The summed E-state index contributed by atoms with van der Waals surface area (Å²) in [6, 6.07) is 5.40. The van der Waals surface area contributed by atoms with Gasteiger partial charge in [-0.1, -0.05) is 0 Å². The number of nitrogens with zero attached hydrogens (tertiary/aromatic N) is 2. The van der Waals surface area contributed by atoms with E-state index in [1.807, 2.05) is 0 Å². The highest BCUT2D eigenvalue weighted by Crippen LogP contribution is 2.21. The van der Waals surface area contributed by atoms with Crippen molar-refractivity contribution in [2.75, 3.05) is 19.4 Å². The lowest BCUT2D eigenvalue weighted by Crippen LogP contribution is -2.22. The molecule has 0 aliphatic carbocycles. The third kappa shape index (κ3) is 3.61. The van der Waals surface area contributed by atoms with Crippen LogP contribution in [0, 0.1) is 13.8 Å². The van der Waals surface area contributed by atoms with Gasteiger partial charge >= 0.3 is 0 Å². The Hall–Kier alpha value is -1.44. The number of aryl methyl sites for hydroxylation is 2. The van der Waals surface area contributed by atoms with Crippen molar-refractivity contribution >= 4 is 27.2 Å². The Morgan fingerprint density at radius 1 is 1.29 bits per heavy atom. The molecule has 114 valence electrons. The molecule has 2 heterocycles. The monoisotopic (exact) mass is 325 g/mol. The van der Waals surface area contributed by atoms with Crippen molar-refractivity contribution in [3.63, 3.8) is 0 Å². The number of thiophene rings is 1. The van der Waals surface area contributed by atoms with Gasteiger partial charge in [0.15, 0.2) is 0 Å². The van der Waals surface area contributed by atoms with E-state index in [0.717, 1.165) is 0 Å². The molecule has 0 aromatic carbocycles. The van der Waals surface area contributed by atoms with E-state index in [0.29, 0.717) is 12.4 Å². The number of anilines is 1. The summed E-state index contributed by atoms with van der Waals surface area (Å²) in [5.74, 6) is 0.663. The van der Waals surface area contributed by atoms with Gasteiger partial charge in [0.2, 0.25) is 10.0 Å². The van der Waals surface area contributed by atoms with Crippen molar-refractivity contribution in [1.82, 2.24) is 9.29 Å². The van der Waals surface area contributed by atoms with Gasteiger partial charge in [-0.3, -0.25) is 0 Å². The quantitative estimate of drug-likeness (QED) is 0.918. The maximum Gasteiger partial charge on any atom is 0.244 e. The SMILES string of the molecule is Cc1cc(CNc2ccc(S(=O)(=O)N(C)C)cn2)sc1C. The van der Waals surface area contributed by atoms with E-state index in [-0.39, 0.29) is 4.90 Å². The molecule has 0 saturated heterocycles. The number of hydrogen-bond donors (Lipinski definition) is 1. The largest absolute Gasteiger partial charge is 0.365 e. The standard InChI is InChI=1S/C14H19N3O2S2/c1-10-7-12(20-11(10)2)8-15-14-6-5-13(9-16-14)21(18,19)17(3)4/h5-7,9H,8H2,1-4H3,(H,15,16). The average molecular weight is 325 g/mol. The lowest BCUT2D eigenvalue weighted by atomic mass is 10.3. The molecule has 1 N–H and O–H groups in total. The van der Waals surface area contributed by atoms with E-state index in [1.165, 1.54) is 39.9 Å². The molecule has 0 fully saturated rings. The van der Waals surface area contributed by atoms with Crippen LogP contribution in [0.2, 0.25) is 0 Å². The third-order valence-electron chi connectivity index (χ3n) is 3.18. The Morgan fingerprint density at radius 2 is 2.00 bits per heavy atom. The van der Waals surface area contributed by atoms with Gasteiger partial charge in [0, 0.05) is 30.0 Å². The third-order valence-corrected chi connectivity index (χ3v) is 6.13. The molecule has 0 radical (unpaired) electrons. The van der Waals surface area contributed by atoms with Crippen molar-refractivity contribution in [3.05, 3.63) is 39.7 Å². The van der Waals surface area contributed by atoms with Crippen LogP contribution in [0.4, 0.5) is 5.82 Å². The minimum absolute atomic E-state index is 0.195. The lowest BCUT2D eigenvalue weighted by molar-refractivity contribution is 0.520. The van der Waals surface area contributed by atoms with Crippen molar-refractivity contribution < 1.29 is 8.42 Å². The van der Waals surface area contributed by atoms with Gasteiger partial charge in [-0.2, -0.15) is 0 Å². The first-order chi connectivity index (χ1) is 9.80. The lowest BCUT2D eigenvalue weighted by Gasteiger charge is -2.11. The minimum atomic E-state index is -3.42. The van der Waals surface area contributed by atoms with Gasteiger partial charge in [0.1, 0.15) is 10.7 Å². The van der Waals surface area contributed by atoms with Crippen LogP contribution >= 0.6 is 11.3 Å². The smallest absolute Gasteiger partial charge is 0.244 e. The summed E-state index contributed by atoms with van der Waals surface area (Å²) in [6.07, 6.45) is 1.38. The summed E-state index contributed by atoms with van der Waals surface area (Å²) in [6.45, 7) is 4.88. The first-order valence-electron chi connectivity index (χ1n) is 6.49. The first-order valence-corrected chi connectivity index (χ1v) is 8.74. The van der Waals surface area contributed by atoms with Crippen molar-refractivity contribution in [2.24, 2.45) is 0 Å². The first kappa shape index (κ1) is 15.9. The molecule has 0 aliphatic heterocycles. The average Bonchev–Trinajstić information content (AvgIpc) is 2.76. The summed E-state index contributed by atoms with van der Waals surface area (Å²) in [4.78, 5) is 6.90. The van der Waals surface area contributed by atoms with Crippen molar-refractivity contribution in [1.29, 1.82) is 0 Å². The zero-order valence-corrected chi connectivity index (χ0v) is 14.2. The molecular weight excluding hydrogens is 306 g/mol. The van der Waals surface area contributed by atoms with Crippen LogP contribution in [-0.2, 0) is 16.6 Å². The highest BCUT2D eigenvalue weighted by atomic mass is 32.2. The fraction of sp³-hybridized carbons (Fsp3) is 0.357. The molecule has 2 aromatic heterocycles. The van der Waals surface area contributed by atoms with E-state index in [4.69, 9.17) is 0 Å². The molecule has 21 heavy (non-hydrogen) atoms. The number of sulfonamides is 1. The zero-order chi connectivity index (χ0) is 15.6. The molecule has 0 saturated carbocycles. The van der Waals surface area contributed by atoms with E-state index in [9.17, 15) is 8.42 Å². The molecule has 2 rings (SSSR count). The van der Waals surface area contributed by atoms with Crippen LogP contribution < -0.4 is 5.32 Å². The zero-order valence-electron chi connectivity index (χ0n) is 12.5. The molecule has 0 aliphatic rings. The second-order valence-electron chi connectivity index (χ2n) is 4.97. The maximum absolute atomic E-state index is 11.9. The van der Waals surface area contributed by atoms with Crippen molar-refractivity contribution in [2.45, 2.75) is 25.3 Å². The van der Waals surface area contributed by atoms with Crippen LogP contribution in [0.5, 0.6) is 0 Å². The van der Waals surface area contributed by atoms with Gasteiger partial charge in [0.05, 0.1) is 6.54 Å². The Kier molecular flexibility index (Phi) is 4.65. The fourth-order valence-corrected chi connectivity index (χ4v) is 3.60. The molecule has 0 unspecified atom stereocenters. The molecule has 0 spiro atoms. The predicted octanol–water partition coefficient (Wildman–Crippen LogP) is 2.62. The number of pyridine rings is 1. The second kappa shape index (κ2) is 6.13. The second-order valence-corrected chi connectivity index (χ2v) is 8.46. The van der Waals surface area contributed by atoms with E-state index < -0.39 is 10.0 Å². The molecule has 7 heteroatoms. The van der Waals surface area contributed by atoms with Gasteiger partial charge in [-0.05, 0) is 37.6 Å². The molecular formula is C14H19N3O2S2. The van der Waals surface area contributed by atoms with E-state index in [1.54, 1.807) is 23.5 Å². The van der Waals surface area contributed by atoms with Gasteiger partial charge in [0.25, 0.3) is 0 Å². The van der Waals surface area contributed by atoms with Crippen LogP contribution in [0.15, 0.2) is 29.3 Å². The number of aromatic nitrogens is 1. The Bertz CT molecular complexity index is 700. The Morgan fingerprint density at radius 3 is 2.48 bits per heavy atom. The summed E-state index contributed by atoms with van der Waals surface area (Å²) >= 11 is 1.75. The van der Waals surface area contributed by atoms with Crippen LogP contribution in [0.25, 0.3) is 0 Å². The number of nitrogens with one attached hydrogen (secondary N) is 1. The summed E-state index contributed by atoms with van der Waals surface area (Å²) in [5, 5.41) is 3.20. The molecule has 0 atom stereocenters. The molecule has 0 amide bonds. The number of rotatable bonds is 5.